The average molecular weight is 409 g/mol. The van der Waals surface area contributed by atoms with Crippen LogP contribution in [0.15, 0.2) is 44.3 Å². The van der Waals surface area contributed by atoms with Crippen molar-refractivity contribution in [3.63, 3.8) is 0 Å². The SMILES string of the molecule is COc1ccc2c(c1)cc(C1CC(=O)Oc3cc(C)oc(=O)c31)c(=O)n2CC(C)C. The van der Waals surface area contributed by atoms with E-state index in [2.05, 4.69) is 0 Å². The van der Waals surface area contributed by atoms with E-state index in [1.807, 2.05) is 32.0 Å². The van der Waals surface area contributed by atoms with E-state index in [4.69, 9.17) is 13.9 Å². The predicted octanol–water partition coefficient (Wildman–Crippen LogP) is 3.37. The van der Waals surface area contributed by atoms with Gasteiger partial charge in [0.2, 0.25) is 0 Å². The molecule has 2 aromatic heterocycles. The quantitative estimate of drug-likeness (QED) is 0.614. The summed E-state index contributed by atoms with van der Waals surface area (Å²) in [7, 11) is 1.58. The van der Waals surface area contributed by atoms with E-state index in [1.165, 1.54) is 6.07 Å². The van der Waals surface area contributed by atoms with Crippen molar-refractivity contribution in [1.82, 2.24) is 4.57 Å². The van der Waals surface area contributed by atoms with Gasteiger partial charge in [0.1, 0.15) is 17.3 Å². The number of benzene rings is 1. The zero-order valence-corrected chi connectivity index (χ0v) is 17.4. The number of carbonyl (C=O) groups excluding carboxylic acids is 1. The zero-order valence-electron chi connectivity index (χ0n) is 17.4. The fourth-order valence-corrected chi connectivity index (χ4v) is 4.00. The monoisotopic (exact) mass is 409 g/mol. The van der Waals surface area contributed by atoms with Crippen LogP contribution < -0.4 is 20.7 Å². The summed E-state index contributed by atoms with van der Waals surface area (Å²) in [5.41, 5.74) is 0.518. The molecule has 0 radical (unpaired) electrons. The average Bonchev–Trinajstić information content (AvgIpc) is 2.68. The molecule has 1 aromatic carbocycles. The Morgan fingerprint density at radius 1 is 1.17 bits per heavy atom. The van der Waals surface area contributed by atoms with Crippen molar-refractivity contribution in [1.29, 1.82) is 0 Å². The molecule has 0 fully saturated rings. The number of carbonyl (C=O) groups is 1. The number of rotatable bonds is 4. The van der Waals surface area contributed by atoms with Gasteiger partial charge in [-0.1, -0.05) is 13.8 Å². The standard InChI is InChI=1S/C23H23NO6/c1-12(2)11-24-18-6-5-15(28-4)8-14(18)9-17(22(24)26)16-10-20(25)30-19-7-13(3)29-23(27)21(16)19/h5-9,12,16H,10-11H2,1-4H3. The summed E-state index contributed by atoms with van der Waals surface area (Å²) in [4.78, 5) is 38.4. The van der Waals surface area contributed by atoms with Gasteiger partial charge in [-0.3, -0.25) is 9.59 Å². The van der Waals surface area contributed by atoms with Crippen molar-refractivity contribution in [2.75, 3.05) is 7.11 Å². The van der Waals surface area contributed by atoms with Crippen molar-refractivity contribution < 1.29 is 18.7 Å². The molecule has 0 saturated heterocycles. The van der Waals surface area contributed by atoms with Crippen LogP contribution in [0.1, 0.15) is 43.1 Å². The third-order valence-electron chi connectivity index (χ3n) is 5.27. The fourth-order valence-electron chi connectivity index (χ4n) is 4.00. The number of fused-ring (bicyclic) bond motifs is 2. The number of methoxy groups -OCH3 is 1. The second-order valence-electron chi connectivity index (χ2n) is 7.99. The summed E-state index contributed by atoms with van der Waals surface area (Å²) in [6.45, 7) is 6.16. The topological polar surface area (TPSA) is 87.7 Å². The van der Waals surface area contributed by atoms with E-state index in [0.29, 0.717) is 23.6 Å². The van der Waals surface area contributed by atoms with E-state index in [1.54, 1.807) is 24.7 Å². The minimum atomic E-state index is -0.736. The first-order valence-corrected chi connectivity index (χ1v) is 9.85. The summed E-state index contributed by atoms with van der Waals surface area (Å²) in [6.07, 6.45) is -0.104. The molecule has 0 N–H and O–H groups in total. The van der Waals surface area contributed by atoms with Crippen LogP contribution in [0.2, 0.25) is 0 Å². The van der Waals surface area contributed by atoms with Gasteiger partial charge >= 0.3 is 11.6 Å². The number of nitrogens with zero attached hydrogens (tertiary/aromatic N) is 1. The van der Waals surface area contributed by atoms with Crippen molar-refractivity contribution in [3.8, 4) is 11.5 Å². The van der Waals surface area contributed by atoms with Crippen LogP contribution in [0.5, 0.6) is 11.5 Å². The molecule has 0 saturated carbocycles. The molecule has 0 bridgehead atoms. The predicted molar refractivity (Wildman–Crippen MR) is 111 cm³/mol. The minimum absolute atomic E-state index is 0.104. The van der Waals surface area contributed by atoms with Crippen molar-refractivity contribution in [2.24, 2.45) is 5.92 Å². The van der Waals surface area contributed by atoms with Crippen LogP contribution in [0.4, 0.5) is 0 Å². The molecule has 0 aliphatic carbocycles. The third-order valence-corrected chi connectivity index (χ3v) is 5.27. The second-order valence-corrected chi connectivity index (χ2v) is 7.99. The maximum atomic E-state index is 13.5. The first-order valence-electron chi connectivity index (χ1n) is 9.85. The lowest BCUT2D eigenvalue weighted by Crippen LogP contribution is -2.33. The Morgan fingerprint density at radius 2 is 1.93 bits per heavy atom. The molecule has 0 amide bonds. The Labute approximate surface area is 172 Å². The zero-order chi connectivity index (χ0) is 21.6. The number of hydrogen-bond donors (Lipinski definition) is 0. The lowest BCUT2D eigenvalue weighted by atomic mass is 9.87. The van der Waals surface area contributed by atoms with E-state index < -0.39 is 17.5 Å². The Bertz CT molecular complexity index is 1270. The first kappa shape index (κ1) is 19.9. The van der Waals surface area contributed by atoms with Crippen molar-refractivity contribution >= 4 is 16.9 Å². The molecule has 156 valence electrons. The van der Waals surface area contributed by atoms with E-state index >= 15 is 0 Å². The summed E-state index contributed by atoms with van der Waals surface area (Å²) in [6, 6.07) is 8.75. The van der Waals surface area contributed by atoms with Gasteiger partial charge in [-0.2, -0.15) is 0 Å². The van der Waals surface area contributed by atoms with Gasteiger partial charge in [0.05, 0.1) is 24.6 Å². The largest absolute Gasteiger partial charge is 0.497 e. The Balaban J connectivity index is 2.02. The smallest absolute Gasteiger partial charge is 0.343 e. The molecule has 7 heteroatoms. The minimum Gasteiger partial charge on any atom is -0.497 e. The number of aryl methyl sites for hydroxylation is 1. The maximum absolute atomic E-state index is 13.5. The molecular weight excluding hydrogens is 386 g/mol. The van der Waals surface area contributed by atoms with E-state index in [0.717, 1.165) is 10.9 Å². The first-order chi connectivity index (χ1) is 14.3. The Hall–Kier alpha value is -3.35. The molecule has 30 heavy (non-hydrogen) atoms. The van der Waals surface area contributed by atoms with Crippen LogP contribution in [0, 0.1) is 12.8 Å². The molecule has 1 atom stereocenters. The number of hydrogen-bond acceptors (Lipinski definition) is 6. The highest BCUT2D eigenvalue weighted by atomic mass is 16.5. The molecule has 1 aliphatic heterocycles. The lowest BCUT2D eigenvalue weighted by Gasteiger charge is -2.24. The molecular formula is C23H23NO6. The maximum Gasteiger partial charge on any atom is 0.343 e. The Kier molecular flexibility index (Phi) is 4.97. The van der Waals surface area contributed by atoms with Gasteiger partial charge in [-0.15, -0.1) is 0 Å². The van der Waals surface area contributed by atoms with Crippen LogP contribution in [0.25, 0.3) is 10.9 Å². The highest BCUT2D eigenvalue weighted by molar-refractivity contribution is 5.83. The molecule has 1 aliphatic rings. The van der Waals surface area contributed by atoms with Crippen LogP contribution in [-0.4, -0.2) is 17.6 Å². The molecule has 4 rings (SSSR count). The third kappa shape index (κ3) is 3.40. The molecule has 3 aromatic rings. The number of aromatic nitrogens is 1. The summed E-state index contributed by atoms with van der Waals surface area (Å²) in [5, 5.41) is 0.793. The van der Waals surface area contributed by atoms with Gasteiger partial charge in [0, 0.05) is 29.5 Å². The van der Waals surface area contributed by atoms with E-state index in [-0.39, 0.29) is 29.2 Å². The van der Waals surface area contributed by atoms with E-state index in [9.17, 15) is 14.4 Å². The highest BCUT2D eigenvalue weighted by Crippen LogP contribution is 2.37. The fraction of sp³-hybridized carbons (Fsp3) is 0.348. The van der Waals surface area contributed by atoms with Crippen molar-refractivity contribution in [3.05, 3.63) is 68.0 Å². The lowest BCUT2D eigenvalue weighted by molar-refractivity contribution is -0.135. The van der Waals surface area contributed by atoms with Gasteiger partial charge < -0.3 is 18.5 Å². The molecule has 7 nitrogen and oxygen atoms in total. The Morgan fingerprint density at radius 3 is 2.63 bits per heavy atom. The molecule has 3 heterocycles. The summed E-state index contributed by atoms with van der Waals surface area (Å²) >= 11 is 0. The van der Waals surface area contributed by atoms with Gasteiger partial charge in [0.25, 0.3) is 5.56 Å². The second kappa shape index (κ2) is 7.48. The summed E-state index contributed by atoms with van der Waals surface area (Å²) < 4.78 is 17.6. The van der Waals surface area contributed by atoms with Crippen LogP contribution >= 0.6 is 0 Å². The van der Waals surface area contributed by atoms with Gasteiger partial charge in [-0.25, -0.2) is 4.79 Å². The van der Waals surface area contributed by atoms with Gasteiger partial charge in [0.15, 0.2) is 0 Å². The summed E-state index contributed by atoms with van der Waals surface area (Å²) in [5.74, 6) is 0.150. The van der Waals surface area contributed by atoms with Crippen LogP contribution in [0.3, 0.4) is 0 Å². The van der Waals surface area contributed by atoms with Crippen LogP contribution in [-0.2, 0) is 11.3 Å². The molecule has 0 spiro atoms. The number of esters is 1. The van der Waals surface area contributed by atoms with Crippen molar-refractivity contribution in [2.45, 2.75) is 39.7 Å². The normalized spacial score (nSPS) is 15.9. The molecule has 1 unspecified atom stereocenters. The number of ether oxygens (including phenoxy) is 2. The van der Waals surface area contributed by atoms with Gasteiger partial charge in [-0.05, 0) is 37.1 Å². The highest BCUT2D eigenvalue weighted by Gasteiger charge is 2.34. The number of pyridine rings is 1.